The minimum absolute atomic E-state index is 0.0620. The highest BCUT2D eigenvalue weighted by Crippen LogP contribution is 2.20. The molecule has 2 atom stereocenters. The molecule has 0 heterocycles. The van der Waals surface area contributed by atoms with Crippen LogP contribution in [0, 0.1) is 0 Å². The summed E-state index contributed by atoms with van der Waals surface area (Å²) in [7, 11) is 3.79. The lowest BCUT2D eigenvalue weighted by Crippen LogP contribution is -2.35. The van der Waals surface area contributed by atoms with Gasteiger partial charge in [-0.25, -0.2) is 0 Å². The number of hydrogen-bond acceptors (Lipinski definition) is 3. The zero-order valence-electron chi connectivity index (χ0n) is 14.3. The topological polar surface area (TPSA) is 32.7 Å². The summed E-state index contributed by atoms with van der Waals surface area (Å²) in [5.41, 5.74) is 3.51. The van der Waals surface area contributed by atoms with Gasteiger partial charge in [-0.1, -0.05) is 54.6 Å². The molecule has 0 amide bonds. The summed E-state index contributed by atoms with van der Waals surface area (Å²) in [6, 6.07) is 18.3. The van der Waals surface area contributed by atoms with Crippen LogP contribution >= 0.6 is 0 Å². The lowest BCUT2D eigenvalue weighted by molar-refractivity contribution is 0.0731. The molecule has 0 spiro atoms. The molecule has 0 aliphatic carbocycles. The average Bonchev–Trinajstić information content (AvgIpc) is 2.60. The summed E-state index contributed by atoms with van der Waals surface area (Å²) in [6.45, 7) is 3.60. The van der Waals surface area contributed by atoms with Crippen molar-refractivity contribution in [3.8, 4) is 0 Å². The number of hydrogen-bond donors (Lipinski definition) is 1. The van der Waals surface area contributed by atoms with Gasteiger partial charge < -0.3 is 14.7 Å². The summed E-state index contributed by atoms with van der Waals surface area (Å²) in [6.07, 6.45) is 0.470. The third-order valence-corrected chi connectivity index (χ3v) is 4.45. The summed E-state index contributed by atoms with van der Waals surface area (Å²) < 4.78 is 5.27. The van der Waals surface area contributed by atoms with Gasteiger partial charge in [-0.3, -0.25) is 0 Å². The van der Waals surface area contributed by atoms with E-state index in [0.717, 1.165) is 18.5 Å². The Morgan fingerprint density at radius 1 is 1.00 bits per heavy atom. The van der Waals surface area contributed by atoms with E-state index in [1.165, 1.54) is 11.1 Å². The Morgan fingerprint density at radius 2 is 1.61 bits per heavy atom. The highest BCUT2D eigenvalue weighted by atomic mass is 16.5. The van der Waals surface area contributed by atoms with Crippen molar-refractivity contribution < 1.29 is 9.84 Å². The third-order valence-electron chi connectivity index (χ3n) is 4.45. The molecule has 3 nitrogen and oxygen atoms in total. The second-order valence-corrected chi connectivity index (χ2v) is 6.03. The van der Waals surface area contributed by atoms with E-state index in [-0.39, 0.29) is 6.04 Å². The highest BCUT2D eigenvalue weighted by molar-refractivity contribution is 5.27. The molecule has 0 saturated carbocycles. The van der Waals surface area contributed by atoms with E-state index < -0.39 is 6.10 Å². The smallest absolute Gasteiger partial charge is 0.0942 e. The monoisotopic (exact) mass is 313 g/mol. The van der Waals surface area contributed by atoms with Crippen molar-refractivity contribution in [2.24, 2.45) is 0 Å². The molecule has 124 valence electrons. The molecule has 0 fully saturated rings. The Bertz CT molecular complexity index is 585. The minimum atomic E-state index is -0.476. The van der Waals surface area contributed by atoms with Crippen molar-refractivity contribution in [3.05, 3.63) is 71.3 Å². The van der Waals surface area contributed by atoms with Crippen LogP contribution in [-0.4, -0.2) is 36.8 Å². The average molecular weight is 313 g/mol. The van der Waals surface area contributed by atoms with Crippen LogP contribution in [0.3, 0.4) is 0 Å². The first kappa shape index (κ1) is 17.7. The molecule has 2 aromatic rings. The second-order valence-electron chi connectivity index (χ2n) is 6.03. The Balaban J connectivity index is 1.95. The first-order valence-electron chi connectivity index (χ1n) is 8.12. The van der Waals surface area contributed by atoms with Gasteiger partial charge in [0.2, 0.25) is 0 Å². The Morgan fingerprint density at radius 3 is 2.26 bits per heavy atom. The Labute approximate surface area is 139 Å². The molecule has 0 radical (unpaired) electrons. The predicted molar refractivity (Wildman–Crippen MR) is 94.4 cm³/mol. The molecule has 3 heteroatoms. The van der Waals surface area contributed by atoms with Crippen LogP contribution in [0.4, 0.5) is 0 Å². The van der Waals surface area contributed by atoms with E-state index in [2.05, 4.69) is 37.1 Å². The molecule has 23 heavy (non-hydrogen) atoms. The van der Waals surface area contributed by atoms with Crippen LogP contribution in [-0.2, 0) is 17.8 Å². The standard InChI is InChI=1S/C20H27NO2/c1-16(20(22)18-10-5-4-6-11-18)21(2)14-13-17-9-7-8-12-19(17)15-23-3/h4-12,16,20,22H,13-15H2,1-3H3/t16-,20-/m0/s1. The molecule has 0 saturated heterocycles. The van der Waals surface area contributed by atoms with E-state index in [0.29, 0.717) is 6.61 Å². The fourth-order valence-electron chi connectivity index (χ4n) is 2.77. The van der Waals surface area contributed by atoms with Crippen molar-refractivity contribution in [1.29, 1.82) is 0 Å². The number of rotatable bonds is 8. The number of ether oxygens (including phenoxy) is 1. The van der Waals surface area contributed by atoms with Crippen LogP contribution in [0.2, 0.25) is 0 Å². The van der Waals surface area contributed by atoms with Crippen LogP contribution in [0.15, 0.2) is 54.6 Å². The van der Waals surface area contributed by atoms with Gasteiger partial charge >= 0.3 is 0 Å². The third kappa shape index (κ3) is 4.90. The number of benzene rings is 2. The first-order valence-corrected chi connectivity index (χ1v) is 8.12. The van der Waals surface area contributed by atoms with Crippen molar-refractivity contribution in [2.45, 2.75) is 32.1 Å². The van der Waals surface area contributed by atoms with E-state index in [4.69, 9.17) is 4.74 Å². The molecular weight excluding hydrogens is 286 g/mol. The van der Waals surface area contributed by atoms with Gasteiger partial charge in [0.1, 0.15) is 0 Å². The maximum Gasteiger partial charge on any atom is 0.0942 e. The van der Waals surface area contributed by atoms with Crippen LogP contribution in [0.5, 0.6) is 0 Å². The van der Waals surface area contributed by atoms with Gasteiger partial charge in [0.25, 0.3) is 0 Å². The first-order chi connectivity index (χ1) is 11.1. The maximum absolute atomic E-state index is 10.5. The quantitative estimate of drug-likeness (QED) is 0.810. The Kier molecular flexibility index (Phi) is 6.78. The molecule has 0 unspecified atom stereocenters. The Hall–Kier alpha value is -1.68. The molecular formula is C20H27NO2. The number of aliphatic hydroxyl groups excluding tert-OH is 1. The SMILES string of the molecule is COCc1ccccc1CCN(C)[C@@H](C)[C@H](O)c1ccccc1. The highest BCUT2D eigenvalue weighted by Gasteiger charge is 2.20. The van der Waals surface area contributed by atoms with Gasteiger partial charge in [0, 0.05) is 19.7 Å². The number of methoxy groups -OCH3 is 1. The summed E-state index contributed by atoms with van der Waals surface area (Å²) in [5.74, 6) is 0. The summed E-state index contributed by atoms with van der Waals surface area (Å²) in [5, 5.41) is 10.5. The van der Waals surface area contributed by atoms with Gasteiger partial charge in [0.05, 0.1) is 12.7 Å². The van der Waals surface area contributed by atoms with Crippen LogP contribution in [0.25, 0.3) is 0 Å². The lowest BCUT2D eigenvalue weighted by Gasteiger charge is -2.29. The van der Waals surface area contributed by atoms with Crippen molar-refractivity contribution in [1.82, 2.24) is 4.90 Å². The molecule has 2 aromatic carbocycles. The molecule has 0 aliphatic rings. The predicted octanol–water partition coefficient (Wildman–Crippen LogP) is 3.43. The van der Waals surface area contributed by atoms with Gasteiger partial charge in [-0.15, -0.1) is 0 Å². The van der Waals surface area contributed by atoms with Gasteiger partial charge in [-0.05, 0) is 37.1 Å². The van der Waals surface area contributed by atoms with E-state index >= 15 is 0 Å². The number of nitrogens with zero attached hydrogens (tertiary/aromatic N) is 1. The largest absolute Gasteiger partial charge is 0.387 e. The summed E-state index contributed by atoms with van der Waals surface area (Å²) in [4.78, 5) is 2.21. The molecule has 0 aliphatic heterocycles. The van der Waals surface area contributed by atoms with Crippen LogP contribution in [0.1, 0.15) is 29.7 Å². The number of aliphatic hydroxyl groups is 1. The molecule has 0 bridgehead atoms. The molecule has 0 aromatic heterocycles. The van der Waals surface area contributed by atoms with Crippen molar-refractivity contribution in [3.63, 3.8) is 0 Å². The van der Waals surface area contributed by atoms with Gasteiger partial charge in [0.15, 0.2) is 0 Å². The zero-order chi connectivity index (χ0) is 16.7. The fourth-order valence-corrected chi connectivity index (χ4v) is 2.77. The van der Waals surface area contributed by atoms with Gasteiger partial charge in [-0.2, -0.15) is 0 Å². The summed E-state index contributed by atoms with van der Waals surface area (Å²) >= 11 is 0. The lowest BCUT2D eigenvalue weighted by atomic mass is 10.0. The fraction of sp³-hybridized carbons (Fsp3) is 0.400. The number of likely N-dealkylation sites (N-methyl/N-ethyl adjacent to an activating group) is 1. The van der Waals surface area contributed by atoms with Crippen LogP contribution < -0.4 is 0 Å². The van der Waals surface area contributed by atoms with Crippen molar-refractivity contribution in [2.75, 3.05) is 20.7 Å². The maximum atomic E-state index is 10.5. The minimum Gasteiger partial charge on any atom is -0.387 e. The molecule has 2 rings (SSSR count). The normalized spacial score (nSPS) is 14.0. The van der Waals surface area contributed by atoms with E-state index in [9.17, 15) is 5.11 Å². The van der Waals surface area contributed by atoms with E-state index in [1.54, 1.807) is 7.11 Å². The second kappa shape index (κ2) is 8.82. The molecule has 1 N–H and O–H groups in total. The van der Waals surface area contributed by atoms with Crippen molar-refractivity contribution >= 4 is 0 Å². The zero-order valence-corrected chi connectivity index (χ0v) is 14.3. The van der Waals surface area contributed by atoms with E-state index in [1.807, 2.05) is 36.4 Å².